The lowest BCUT2D eigenvalue weighted by Crippen LogP contribution is -2.44. The van der Waals surface area contributed by atoms with E-state index in [0.29, 0.717) is 5.69 Å². The quantitative estimate of drug-likeness (QED) is 0.718. The number of nitrogens with zero attached hydrogens (tertiary/aromatic N) is 6. The number of anilines is 1. The zero-order chi connectivity index (χ0) is 17.2. The van der Waals surface area contributed by atoms with Gasteiger partial charge in [0.15, 0.2) is 0 Å². The lowest BCUT2D eigenvalue weighted by atomic mass is 10.1. The molecule has 1 aromatic carbocycles. The molecule has 4 rings (SSSR count). The van der Waals surface area contributed by atoms with Crippen LogP contribution in [0.5, 0.6) is 0 Å². The largest absolute Gasteiger partial charge is 0.353 e. The lowest BCUT2D eigenvalue weighted by Gasteiger charge is -2.33. The van der Waals surface area contributed by atoms with Gasteiger partial charge in [-0.25, -0.2) is 9.97 Å². The van der Waals surface area contributed by atoms with Crippen molar-refractivity contribution in [3.63, 3.8) is 0 Å². The Kier molecular flexibility index (Phi) is 4.00. The van der Waals surface area contributed by atoms with Crippen LogP contribution in [0.1, 0.15) is 5.69 Å². The fourth-order valence-corrected chi connectivity index (χ4v) is 3.00. The van der Waals surface area contributed by atoms with Crippen LogP contribution < -0.4 is 4.90 Å². The van der Waals surface area contributed by atoms with Gasteiger partial charge in [0, 0.05) is 37.9 Å². The van der Waals surface area contributed by atoms with Crippen molar-refractivity contribution in [3.8, 4) is 17.2 Å². The van der Waals surface area contributed by atoms with Crippen LogP contribution in [0, 0.1) is 11.3 Å². The summed E-state index contributed by atoms with van der Waals surface area (Å²) in [6, 6.07) is 11.7. The summed E-state index contributed by atoms with van der Waals surface area (Å²) in [6.07, 6.45) is 3.58. The summed E-state index contributed by atoms with van der Waals surface area (Å²) in [4.78, 5) is 18.1. The van der Waals surface area contributed by atoms with Crippen LogP contribution in [0.4, 0.5) is 5.82 Å². The molecule has 1 saturated heterocycles. The number of benzene rings is 1. The van der Waals surface area contributed by atoms with Gasteiger partial charge in [-0.15, -0.1) is 0 Å². The van der Waals surface area contributed by atoms with Crippen molar-refractivity contribution in [3.05, 3.63) is 48.4 Å². The van der Waals surface area contributed by atoms with Gasteiger partial charge in [-0.1, -0.05) is 6.07 Å². The lowest BCUT2D eigenvalue weighted by molar-refractivity contribution is 0.312. The van der Waals surface area contributed by atoms with Gasteiger partial charge < -0.3 is 9.80 Å². The minimum absolute atomic E-state index is 0.418. The molecule has 0 bridgehead atoms. The Labute approximate surface area is 146 Å². The van der Waals surface area contributed by atoms with Crippen molar-refractivity contribution in [2.45, 2.75) is 0 Å². The summed E-state index contributed by atoms with van der Waals surface area (Å²) in [5.41, 5.74) is 4.16. The normalized spacial score (nSPS) is 15.3. The third-order valence-electron chi connectivity index (χ3n) is 4.57. The topological polar surface area (TPSA) is 68.9 Å². The van der Waals surface area contributed by atoms with Crippen LogP contribution in [0.15, 0.2) is 42.7 Å². The van der Waals surface area contributed by atoms with Crippen molar-refractivity contribution in [2.24, 2.45) is 0 Å². The fraction of sp³-hybridized carbons (Fsp3) is 0.263. The maximum Gasteiger partial charge on any atom is 0.147 e. The van der Waals surface area contributed by atoms with Gasteiger partial charge in [-0.05, 0) is 36.9 Å². The number of pyridine rings is 1. The third kappa shape index (κ3) is 3.14. The highest BCUT2D eigenvalue weighted by Crippen LogP contribution is 2.24. The number of rotatable bonds is 2. The first-order valence-electron chi connectivity index (χ1n) is 8.30. The molecule has 0 saturated carbocycles. The third-order valence-corrected chi connectivity index (χ3v) is 4.57. The standard InChI is InChI=1S/C19H18N6/c1-24-6-8-25(9-7-24)19-13-22-17-5-3-14(10-18(17)23-19)15-2-4-16(11-20)21-12-15/h2-5,10,12-13H,6-9H2,1H3. The molecule has 6 heteroatoms. The molecule has 3 heterocycles. The molecule has 1 fully saturated rings. The van der Waals surface area contributed by atoms with Crippen LogP contribution in [0.3, 0.4) is 0 Å². The number of fused-ring (bicyclic) bond motifs is 1. The highest BCUT2D eigenvalue weighted by molar-refractivity contribution is 5.82. The maximum absolute atomic E-state index is 8.87. The average molecular weight is 330 g/mol. The number of likely N-dealkylation sites (N-methyl/N-ethyl adjacent to an activating group) is 1. The Morgan fingerprint density at radius 1 is 0.920 bits per heavy atom. The monoisotopic (exact) mass is 330 g/mol. The average Bonchev–Trinajstić information content (AvgIpc) is 2.68. The minimum atomic E-state index is 0.418. The number of hydrogen-bond acceptors (Lipinski definition) is 6. The van der Waals surface area contributed by atoms with Gasteiger partial charge in [0.25, 0.3) is 0 Å². The van der Waals surface area contributed by atoms with Crippen molar-refractivity contribution < 1.29 is 0 Å². The molecule has 0 radical (unpaired) electrons. The second-order valence-electron chi connectivity index (χ2n) is 6.27. The zero-order valence-corrected chi connectivity index (χ0v) is 14.1. The zero-order valence-electron chi connectivity index (χ0n) is 14.1. The van der Waals surface area contributed by atoms with Crippen LogP contribution in [0.25, 0.3) is 22.2 Å². The number of piperazine rings is 1. The van der Waals surface area contributed by atoms with Crippen LogP contribution >= 0.6 is 0 Å². The molecule has 0 N–H and O–H groups in total. The molecule has 0 spiro atoms. The first-order chi connectivity index (χ1) is 12.2. The Morgan fingerprint density at radius 3 is 2.44 bits per heavy atom. The van der Waals surface area contributed by atoms with Crippen LogP contribution in [-0.4, -0.2) is 53.1 Å². The SMILES string of the molecule is CN1CCN(c2cnc3ccc(-c4ccc(C#N)nc4)cc3n2)CC1. The predicted octanol–water partition coefficient (Wildman–Crippen LogP) is 2.32. The summed E-state index contributed by atoms with van der Waals surface area (Å²) < 4.78 is 0. The van der Waals surface area contributed by atoms with Gasteiger partial charge in [0.05, 0.1) is 17.2 Å². The molecule has 0 aliphatic carbocycles. The molecule has 6 nitrogen and oxygen atoms in total. The van der Waals surface area contributed by atoms with E-state index in [2.05, 4.69) is 26.8 Å². The van der Waals surface area contributed by atoms with Gasteiger partial charge >= 0.3 is 0 Å². The van der Waals surface area contributed by atoms with Crippen molar-refractivity contribution in [1.29, 1.82) is 5.26 Å². The molecule has 0 atom stereocenters. The number of hydrogen-bond donors (Lipinski definition) is 0. The van der Waals surface area contributed by atoms with Gasteiger partial charge in [0.2, 0.25) is 0 Å². The molecule has 25 heavy (non-hydrogen) atoms. The molecule has 2 aromatic heterocycles. The second-order valence-corrected chi connectivity index (χ2v) is 6.27. The molecular weight excluding hydrogens is 312 g/mol. The Hall–Kier alpha value is -3.04. The number of nitriles is 1. The summed E-state index contributed by atoms with van der Waals surface area (Å²) in [5.74, 6) is 0.927. The predicted molar refractivity (Wildman–Crippen MR) is 97.2 cm³/mol. The fourth-order valence-electron chi connectivity index (χ4n) is 3.00. The van der Waals surface area contributed by atoms with E-state index >= 15 is 0 Å². The first kappa shape index (κ1) is 15.5. The van der Waals surface area contributed by atoms with E-state index in [1.165, 1.54) is 0 Å². The summed E-state index contributed by atoms with van der Waals surface area (Å²) in [5, 5.41) is 8.87. The van der Waals surface area contributed by atoms with E-state index in [9.17, 15) is 0 Å². The summed E-state index contributed by atoms with van der Waals surface area (Å²) in [7, 11) is 2.14. The molecular formula is C19H18N6. The molecule has 1 aliphatic heterocycles. The van der Waals surface area contributed by atoms with Crippen molar-refractivity contribution in [2.75, 3.05) is 38.1 Å². The van der Waals surface area contributed by atoms with Crippen molar-refractivity contribution in [1.82, 2.24) is 19.9 Å². The number of aromatic nitrogens is 3. The van der Waals surface area contributed by atoms with Crippen LogP contribution in [-0.2, 0) is 0 Å². The first-order valence-corrected chi connectivity index (χ1v) is 8.30. The molecule has 0 unspecified atom stereocenters. The van der Waals surface area contributed by atoms with E-state index in [4.69, 9.17) is 10.2 Å². The van der Waals surface area contributed by atoms with E-state index in [1.807, 2.05) is 36.5 Å². The Balaban J connectivity index is 1.67. The maximum atomic E-state index is 8.87. The van der Waals surface area contributed by atoms with Crippen molar-refractivity contribution >= 4 is 16.9 Å². The summed E-state index contributed by atoms with van der Waals surface area (Å²) in [6.45, 7) is 4.01. The molecule has 124 valence electrons. The summed E-state index contributed by atoms with van der Waals surface area (Å²) >= 11 is 0. The van der Waals surface area contributed by atoms with Gasteiger partial charge in [0.1, 0.15) is 17.6 Å². The highest BCUT2D eigenvalue weighted by Gasteiger charge is 2.16. The van der Waals surface area contributed by atoms with Gasteiger partial charge in [-0.2, -0.15) is 5.26 Å². The van der Waals surface area contributed by atoms with Gasteiger partial charge in [-0.3, -0.25) is 4.98 Å². The van der Waals surface area contributed by atoms with E-state index < -0.39 is 0 Å². The van der Waals surface area contributed by atoms with E-state index in [1.54, 1.807) is 12.3 Å². The Bertz CT molecular complexity index is 936. The van der Waals surface area contributed by atoms with Crippen LogP contribution in [0.2, 0.25) is 0 Å². The molecule has 1 aliphatic rings. The smallest absolute Gasteiger partial charge is 0.147 e. The van der Waals surface area contributed by atoms with E-state index in [0.717, 1.165) is 54.2 Å². The Morgan fingerprint density at radius 2 is 1.72 bits per heavy atom. The molecule has 0 amide bonds. The minimum Gasteiger partial charge on any atom is -0.353 e. The highest BCUT2D eigenvalue weighted by atomic mass is 15.3. The second kappa shape index (κ2) is 6.46. The van der Waals surface area contributed by atoms with E-state index in [-0.39, 0.29) is 0 Å². The molecule has 3 aromatic rings.